The van der Waals surface area contributed by atoms with Gasteiger partial charge in [0.2, 0.25) is 0 Å². The maximum Gasteiger partial charge on any atom is 0.267 e. The summed E-state index contributed by atoms with van der Waals surface area (Å²) >= 11 is 12.8. The Balaban J connectivity index is 1.55. The Kier molecular flexibility index (Phi) is 6.57. The van der Waals surface area contributed by atoms with E-state index in [1.807, 2.05) is 50.2 Å². The molecule has 0 aliphatic carbocycles. The van der Waals surface area contributed by atoms with Crippen molar-refractivity contribution in [2.45, 2.75) is 13.8 Å². The molecule has 0 N–H and O–H groups in total. The number of nitrogens with zero attached hydrogens (tertiary/aromatic N) is 5. The first-order valence-corrected chi connectivity index (χ1v) is 13.0. The number of benzene rings is 1. The molecule has 0 bridgehead atoms. The van der Waals surface area contributed by atoms with E-state index in [0.717, 1.165) is 24.3 Å². The maximum atomic E-state index is 13.7. The first-order chi connectivity index (χ1) is 16.9. The third-order valence-corrected chi connectivity index (χ3v) is 7.89. The van der Waals surface area contributed by atoms with Crippen molar-refractivity contribution < 1.29 is 4.79 Å². The monoisotopic (exact) mass is 525 g/mol. The number of carbonyl (C=O) groups excluding carboxylic acids is 1. The number of thioether (sulfide) groups is 1. The average Bonchev–Trinajstić information content (AvgIpc) is 3.13. The van der Waals surface area contributed by atoms with Crippen LogP contribution in [0.25, 0.3) is 11.7 Å². The molecule has 35 heavy (non-hydrogen) atoms. The molecule has 2 aliphatic heterocycles. The van der Waals surface area contributed by atoms with Crippen molar-refractivity contribution in [1.82, 2.24) is 14.3 Å². The smallest absolute Gasteiger partial charge is 0.267 e. The molecule has 2 saturated heterocycles. The number of anilines is 2. The van der Waals surface area contributed by atoms with Crippen molar-refractivity contribution in [2.24, 2.45) is 0 Å². The Morgan fingerprint density at radius 1 is 1.11 bits per heavy atom. The van der Waals surface area contributed by atoms with Crippen LogP contribution in [-0.2, 0) is 4.79 Å². The number of thiocarbonyl (C=S) groups is 1. The highest BCUT2D eigenvalue weighted by Crippen LogP contribution is 2.33. The maximum absolute atomic E-state index is 13.7. The number of carbonyl (C=O) groups is 1. The van der Waals surface area contributed by atoms with Gasteiger partial charge in [-0.25, -0.2) is 4.98 Å². The van der Waals surface area contributed by atoms with Crippen LogP contribution in [0.1, 0.15) is 18.1 Å². The van der Waals surface area contributed by atoms with Gasteiger partial charge in [0.05, 0.1) is 10.5 Å². The van der Waals surface area contributed by atoms with Gasteiger partial charge in [0.25, 0.3) is 11.5 Å². The summed E-state index contributed by atoms with van der Waals surface area (Å²) in [6, 6.07) is 11.6. The second kappa shape index (κ2) is 9.64. The van der Waals surface area contributed by atoms with Crippen LogP contribution in [0.5, 0.6) is 0 Å². The minimum absolute atomic E-state index is 0.173. The van der Waals surface area contributed by atoms with Gasteiger partial charge in [0.1, 0.15) is 15.8 Å². The van der Waals surface area contributed by atoms with Gasteiger partial charge in [-0.2, -0.15) is 0 Å². The summed E-state index contributed by atoms with van der Waals surface area (Å²) in [6.07, 6.45) is 3.38. The molecule has 0 radical (unpaired) electrons. The Bertz CT molecular complexity index is 1430. The molecule has 0 atom stereocenters. The molecule has 5 rings (SSSR count). The number of halogens is 1. The molecule has 2 aromatic heterocycles. The van der Waals surface area contributed by atoms with Gasteiger partial charge in [-0.3, -0.25) is 18.9 Å². The largest absolute Gasteiger partial charge is 0.368 e. The molecule has 7 nitrogen and oxygen atoms in total. The Morgan fingerprint density at radius 3 is 2.54 bits per heavy atom. The summed E-state index contributed by atoms with van der Waals surface area (Å²) in [5, 5.41) is 0.705. The third-order valence-electron chi connectivity index (χ3n) is 6.28. The fourth-order valence-corrected chi connectivity index (χ4v) is 5.97. The number of aromatic nitrogens is 2. The molecule has 0 unspecified atom stereocenters. The zero-order chi connectivity index (χ0) is 24.7. The van der Waals surface area contributed by atoms with E-state index in [2.05, 4.69) is 9.80 Å². The van der Waals surface area contributed by atoms with Gasteiger partial charge < -0.3 is 9.80 Å². The minimum Gasteiger partial charge on any atom is -0.368 e. The first-order valence-electron chi connectivity index (χ1n) is 11.4. The number of aryl methyl sites for hydroxylation is 1. The number of fused-ring (bicyclic) bond motifs is 1. The van der Waals surface area contributed by atoms with E-state index in [1.165, 1.54) is 11.8 Å². The molecule has 1 amide bonds. The first kappa shape index (κ1) is 23.8. The molecule has 0 saturated carbocycles. The van der Waals surface area contributed by atoms with Crippen molar-refractivity contribution in [1.29, 1.82) is 0 Å². The average molecular weight is 526 g/mol. The second-order valence-electron chi connectivity index (χ2n) is 8.42. The lowest BCUT2D eigenvalue weighted by molar-refractivity contribution is -0.121. The molecule has 180 valence electrons. The number of rotatable bonds is 4. The quantitative estimate of drug-likeness (QED) is 0.373. The summed E-state index contributed by atoms with van der Waals surface area (Å²) in [5.41, 5.74) is 2.80. The van der Waals surface area contributed by atoms with Crippen LogP contribution >= 0.6 is 35.6 Å². The fourth-order valence-electron chi connectivity index (χ4n) is 4.42. The predicted molar refractivity (Wildman–Crippen MR) is 148 cm³/mol. The molecule has 0 spiro atoms. The topological polar surface area (TPSA) is 61.2 Å². The zero-order valence-electron chi connectivity index (χ0n) is 19.4. The lowest BCUT2D eigenvalue weighted by atomic mass is 10.2. The van der Waals surface area contributed by atoms with E-state index in [9.17, 15) is 9.59 Å². The summed E-state index contributed by atoms with van der Waals surface area (Å²) < 4.78 is 2.05. The highest BCUT2D eigenvalue weighted by atomic mass is 35.5. The number of pyridine rings is 1. The van der Waals surface area contributed by atoms with E-state index in [1.54, 1.807) is 21.6 Å². The number of amides is 1. The Morgan fingerprint density at radius 2 is 1.86 bits per heavy atom. The van der Waals surface area contributed by atoms with Crippen molar-refractivity contribution in [3.8, 4) is 0 Å². The van der Waals surface area contributed by atoms with E-state index in [-0.39, 0.29) is 11.5 Å². The van der Waals surface area contributed by atoms with Gasteiger partial charge in [0, 0.05) is 49.6 Å². The Labute approximate surface area is 218 Å². The molecular weight excluding hydrogens is 502 g/mol. The SMILES string of the molecule is CCN1C(=O)C(=Cc2c(N3CCN(c4cccc(Cl)c4)CC3)nc3c(C)cccn3c2=O)SC1=S. The van der Waals surface area contributed by atoms with Crippen LogP contribution in [0.3, 0.4) is 0 Å². The van der Waals surface area contributed by atoms with Gasteiger partial charge in [0.15, 0.2) is 0 Å². The second-order valence-corrected chi connectivity index (χ2v) is 10.5. The van der Waals surface area contributed by atoms with Gasteiger partial charge >= 0.3 is 0 Å². The molecule has 4 heterocycles. The Hall–Kier alpha value is -2.88. The highest BCUT2D eigenvalue weighted by molar-refractivity contribution is 8.26. The van der Waals surface area contributed by atoms with Gasteiger partial charge in [-0.05, 0) is 49.8 Å². The molecule has 2 fully saturated rings. The lowest BCUT2D eigenvalue weighted by Gasteiger charge is -2.37. The van der Waals surface area contributed by atoms with Crippen LogP contribution in [0, 0.1) is 6.92 Å². The number of hydrogen-bond donors (Lipinski definition) is 0. The van der Waals surface area contributed by atoms with Gasteiger partial charge in [-0.15, -0.1) is 0 Å². The van der Waals surface area contributed by atoms with Crippen molar-refractivity contribution in [2.75, 3.05) is 42.5 Å². The molecular formula is C25H24ClN5O2S2. The molecule has 10 heteroatoms. The molecule has 3 aromatic rings. The van der Waals surface area contributed by atoms with Crippen LogP contribution in [0.2, 0.25) is 5.02 Å². The van der Waals surface area contributed by atoms with Crippen molar-refractivity contribution in [3.05, 3.63) is 74.0 Å². The third kappa shape index (κ3) is 4.44. The van der Waals surface area contributed by atoms with Crippen LogP contribution in [0.15, 0.2) is 52.3 Å². The van der Waals surface area contributed by atoms with Crippen molar-refractivity contribution >= 4 is 69.0 Å². The van der Waals surface area contributed by atoms with E-state index >= 15 is 0 Å². The number of piperazine rings is 1. The predicted octanol–water partition coefficient (Wildman–Crippen LogP) is 4.20. The summed E-state index contributed by atoms with van der Waals surface area (Å²) in [7, 11) is 0. The minimum atomic E-state index is -0.201. The van der Waals surface area contributed by atoms with Crippen molar-refractivity contribution in [3.63, 3.8) is 0 Å². The summed E-state index contributed by atoms with van der Waals surface area (Å²) in [4.78, 5) is 37.9. The van der Waals surface area contributed by atoms with Gasteiger partial charge in [-0.1, -0.05) is 47.7 Å². The van der Waals surface area contributed by atoms with E-state index < -0.39 is 0 Å². The zero-order valence-corrected chi connectivity index (χ0v) is 21.8. The molecule has 1 aromatic carbocycles. The lowest BCUT2D eigenvalue weighted by Crippen LogP contribution is -2.47. The summed E-state index contributed by atoms with van der Waals surface area (Å²) in [5.74, 6) is 0.421. The summed E-state index contributed by atoms with van der Waals surface area (Å²) in [6.45, 7) is 7.19. The highest BCUT2D eigenvalue weighted by Gasteiger charge is 2.32. The number of hydrogen-bond acceptors (Lipinski definition) is 7. The molecule has 2 aliphatic rings. The number of likely N-dealkylation sites (N-methyl/N-ethyl adjacent to an activating group) is 1. The fraction of sp³-hybridized carbons (Fsp3) is 0.280. The van der Waals surface area contributed by atoms with Crippen LogP contribution in [-0.4, -0.2) is 57.2 Å². The van der Waals surface area contributed by atoms with Crippen LogP contribution in [0.4, 0.5) is 11.5 Å². The van der Waals surface area contributed by atoms with E-state index in [4.69, 9.17) is 28.8 Å². The van der Waals surface area contributed by atoms with Crippen LogP contribution < -0.4 is 15.4 Å². The van der Waals surface area contributed by atoms with E-state index in [0.29, 0.717) is 50.9 Å². The standard InChI is InChI=1S/C25H24ClN5O2S2/c1-3-30-24(33)20(35-25(30)34)15-19-22(27-21-16(2)6-5-9-31(21)23(19)32)29-12-10-28(11-13-29)18-8-4-7-17(26)14-18/h4-9,14-15H,3,10-13H2,1-2H3. The normalized spacial score (nSPS) is 17.8.